The molecule has 0 spiro atoms. The highest BCUT2D eigenvalue weighted by molar-refractivity contribution is 5.96. The Balaban J connectivity index is 1.21. The van der Waals surface area contributed by atoms with Gasteiger partial charge in [0.05, 0.1) is 12.1 Å². The number of carboxylic acid groups (broad SMARTS) is 2. The predicted molar refractivity (Wildman–Crippen MR) is 232 cm³/mol. The lowest BCUT2D eigenvalue weighted by Crippen LogP contribution is -2.59. The van der Waals surface area contributed by atoms with E-state index in [1.54, 1.807) is 27.7 Å². The van der Waals surface area contributed by atoms with Gasteiger partial charge in [-0.25, -0.2) is 9.59 Å². The Morgan fingerprint density at radius 2 is 0.952 bits per heavy atom. The number of primary amides is 2. The molecule has 62 heavy (non-hydrogen) atoms. The smallest absolute Gasteiger partial charge is 0.405 e. The molecule has 1 aliphatic carbocycles. The summed E-state index contributed by atoms with van der Waals surface area (Å²) >= 11 is 0. The number of carbonyl (C=O) groups is 6. The third-order valence-corrected chi connectivity index (χ3v) is 13.7. The van der Waals surface area contributed by atoms with Crippen LogP contribution in [0.4, 0.5) is 15.3 Å². The van der Waals surface area contributed by atoms with E-state index in [-0.39, 0.29) is 37.0 Å². The summed E-state index contributed by atoms with van der Waals surface area (Å²) in [6.45, 7) is 7.52. The first-order valence-corrected chi connectivity index (χ1v) is 21.8. The first-order chi connectivity index (χ1) is 29.5. The standard InChI is InChI=1S/C47H59N7O8/c1-27(2)38(50-44(59)60)40(55)52-25-5-23-46(52,42(48)57)33-15-9-31(10-16-33)36-21-22-37(54(36)35-19-13-30(14-20-35)29-7-8-29)32-11-17-34(18-12-32)47(43(49)58)24-6-26-53(47)41(56)39(28(3)4)51-45(61)62/h9-20,27-29,36-39,50-51H,5-8,21-26H2,1-4H3,(H2,48,57)(H2,49,58)(H,59,60)(H,61,62)/t36-,37-,38+,39+,46+,47+/m1/s1. The summed E-state index contributed by atoms with van der Waals surface area (Å²) in [5.41, 5.74) is 14.9. The number of benzene rings is 3. The van der Waals surface area contributed by atoms with E-state index >= 15 is 0 Å². The van der Waals surface area contributed by atoms with Crippen LogP contribution in [0.5, 0.6) is 0 Å². The van der Waals surface area contributed by atoms with Crippen molar-refractivity contribution in [3.05, 3.63) is 101 Å². The highest BCUT2D eigenvalue weighted by atomic mass is 16.4. The third-order valence-electron chi connectivity index (χ3n) is 13.7. The van der Waals surface area contributed by atoms with E-state index in [9.17, 15) is 39.0 Å². The number of carbonyl (C=O) groups excluding carboxylic acids is 4. The maximum absolute atomic E-state index is 13.9. The zero-order chi connectivity index (χ0) is 44.7. The van der Waals surface area contributed by atoms with Crippen LogP contribution in [-0.4, -0.2) is 81.0 Å². The third kappa shape index (κ3) is 7.93. The molecule has 4 aliphatic rings. The molecule has 3 aromatic rings. The van der Waals surface area contributed by atoms with Gasteiger partial charge in [-0.2, -0.15) is 0 Å². The second-order valence-corrected chi connectivity index (χ2v) is 18.1. The van der Waals surface area contributed by atoms with Crippen molar-refractivity contribution in [2.45, 2.75) is 120 Å². The topological polar surface area (TPSA) is 229 Å². The van der Waals surface area contributed by atoms with Crippen LogP contribution >= 0.6 is 0 Å². The molecular formula is C47H59N7O8. The van der Waals surface area contributed by atoms with Gasteiger partial charge in [-0.15, -0.1) is 0 Å². The van der Waals surface area contributed by atoms with Crippen molar-refractivity contribution >= 4 is 41.5 Å². The average Bonchev–Trinajstić information content (AvgIpc) is 3.60. The fourth-order valence-electron chi connectivity index (χ4n) is 10.4. The minimum Gasteiger partial charge on any atom is -0.465 e. The average molecular weight is 850 g/mol. The van der Waals surface area contributed by atoms with Gasteiger partial charge in [0.1, 0.15) is 23.2 Å². The summed E-state index contributed by atoms with van der Waals surface area (Å²) in [5, 5.41) is 23.7. The van der Waals surface area contributed by atoms with E-state index in [2.05, 4.69) is 39.8 Å². The van der Waals surface area contributed by atoms with Gasteiger partial charge in [0.2, 0.25) is 23.6 Å². The molecule has 4 fully saturated rings. The Hall–Kier alpha value is -6.12. The molecule has 15 nitrogen and oxygen atoms in total. The number of nitrogens with zero attached hydrogens (tertiary/aromatic N) is 3. The van der Waals surface area contributed by atoms with Crippen LogP contribution in [0.2, 0.25) is 0 Å². The molecule has 0 unspecified atom stereocenters. The fraction of sp³-hybridized carbons (Fsp3) is 0.489. The highest BCUT2D eigenvalue weighted by Gasteiger charge is 2.53. The molecule has 6 atom stereocenters. The lowest BCUT2D eigenvalue weighted by Gasteiger charge is -2.39. The molecule has 0 aromatic heterocycles. The first-order valence-electron chi connectivity index (χ1n) is 21.8. The van der Waals surface area contributed by atoms with Crippen molar-refractivity contribution in [3.63, 3.8) is 0 Å². The van der Waals surface area contributed by atoms with Gasteiger partial charge < -0.3 is 47.0 Å². The second kappa shape index (κ2) is 17.3. The van der Waals surface area contributed by atoms with Crippen LogP contribution in [0.25, 0.3) is 0 Å². The summed E-state index contributed by atoms with van der Waals surface area (Å²) in [5.74, 6) is -2.46. The second-order valence-electron chi connectivity index (χ2n) is 18.1. The number of amides is 6. The van der Waals surface area contributed by atoms with E-state index in [0.717, 1.165) is 29.7 Å². The first kappa shape index (κ1) is 44.0. The SMILES string of the molecule is CC(C)[C@H](NC(=O)O)C(=O)N1CCC[C@@]1(C(N)=O)c1ccc([C@H]2CC[C@H](c3ccc([C@]4(C(N)=O)CCCN4C(=O)[C@@H](NC(=O)O)C(C)C)cc3)N2c2ccc(C3CC3)cc2)cc1. The van der Waals surface area contributed by atoms with Crippen molar-refractivity contribution < 1.29 is 39.0 Å². The van der Waals surface area contributed by atoms with Gasteiger partial charge in [-0.3, -0.25) is 19.2 Å². The zero-order valence-corrected chi connectivity index (χ0v) is 35.9. The molecule has 8 N–H and O–H groups in total. The highest BCUT2D eigenvalue weighted by Crippen LogP contribution is 2.50. The molecule has 0 radical (unpaired) electrons. The van der Waals surface area contributed by atoms with Crippen LogP contribution in [0.1, 0.15) is 125 Å². The van der Waals surface area contributed by atoms with Crippen LogP contribution in [0.15, 0.2) is 72.8 Å². The van der Waals surface area contributed by atoms with Crippen LogP contribution in [0.3, 0.4) is 0 Å². The van der Waals surface area contributed by atoms with Crippen molar-refractivity contribution in [3.8, 4) is 0 Å². The zero-order valence-electron chi connectivity index (χ0n) is 35.9. The molecule has 3 saturated heterocycles. The maximum atomic E-state index is 13.9. The summed E-state index contributed by atoms with van der Waals surface area (Å²) in [4.78, 5) is 83.3. The maximum Gasteiger partial charge on any atom is 0.405 e. The van der Waals surface area contributed by atoms with Gasteiger partial charge in [-0.05, 0) is 109 Å². The van der Waals surface area contributed by atoms with E-state index in [4.69, 9.17) is 11.5 Å². The summed E-state index contributed by atoms with van der Waals surface area (Å²) in [6.07, 6.45) is 2.98. The van der Waals surface area contributed by atoms with Crippen molar-refractivity contribution in [1.29, 1.82) is 0 Å². The minimum atomic E-state index is -1.44. The minimum absolute atomic E-state index is 0.0777. The Labute approximate surface area is 362 Å². The van der Waals surface area contributed by atoms with Crippen LogP contribution in [0, 0.1) is 11.8 Å². The number of hydrogen-bond acceptors (Lipinski definition) is 7. The molecule has 6 amide bonds. The number of hydrogen-bond donors (Lipinski definition) is 6. The normalized spacial score (nSPS) is 24.6. The summed E-state index contributed by atoms with van der Waals surface area (Å²) < 4.78 is 0. The number of anilines is 1. The fourth-order valence-corrected chi connectivity index (χ4v) is 10.4. The molecule has 3 aliphatic heterocycles. The van der Waals surface area contributed by atoms with Gasteiger partial charge in [-0.1, -0.05) is 88.4 Å². The quantitative estimate of drug-likeness (QED) is 0.114. The van der Waals surface area contributed by atoms with E-state index in [1.165, 1.54) is 28.2 Å². The van der Waals surface area contributed by atoms with Crippen molar-refractivity contribution in [2.24, 2.45) is 23.3 Å². The number of rotatable bonds is 14. The lowest BCUT2D eigenvalue weighted by molar-refractivity contribution is -0.146. The molecule has 15 heteroatoms. The molecule has 330 valence electrons. The van der Waals surface area contributed by atoms with Gasteiger partial charge in [0.25, 0.3) is 0 Å². The Morgan fingerprint density at radius 3 is 1.27 bits per heavy atom. The molecule has 1 saturated carbocycles. The van der Waals surface area contributed by atoms with Gasteiger partial charge in [0.15, 0.2) is 0 Å². The Kier molecular flexibility index (Phi) is 12.3. The largest absolute Gasteiger partial charge is 0.465 e. The lowest BCUT2D eigenvalue weighted by atomic mass is 9.84. The summed E-state index contributed by atoms with van der Waals surface area (Å²) in [7, 11) is 0. The Morgan fingerprint density at radius 1 is 0.581 bits per heavy atom. The predicted octanol–water partition coefficient (Wildman–Crippen LogP) is 5.84. The molecule has 0 bridgehead atoms. The van der Waals surface area contributed by atoms with E-state index in [1.807, 2.05) is 48.5 Å². The molecule has 3 aromatic carbocycles. The molecular weight excluding hydrogens is 791 g/mol. The molecule has 3 heterocycles. The Bertz CT molecular complexity index is 2060. The van der Waals surface area contributed by atoms with Crippen LogP contribution < -0.4 is 27.0 Å². The van der Waals surface area contributed by atoms with E-state index < -0.39 is 59.0 Å². The number of nitrogens with one attached hydrogen (secondary N) is 2. The van der Waals surface area contributed by atoms with Crippen molar-refractivity contribution in [1.82, 2.24) is 20.4 Å². The van der Waals surface area contributed by atoms with Gasteiger partial charge in [0, 0.05) is 18.8 Å². The van der Waals surface area contributed by atoms with E-state index in [0.29, 0.717) is 42.7 Å². The molecule has 7 rings (SSSR count). The number of nitrogens with two attached hydrogens (primary N) is 2. The summed E-state index contributed by atoms with van der Waals surface area (Å²) in [6, 6.07) is 21.9. The van der Waals surface area contributed by atoms with Gasteiger partial charge >= 0.3 is 12.2 Å². The van der Waals surface area contributed by atoms with Crippen LogP contribution in [-0.2, 0) is 30.3 Å². The van der Waals surface area contributed by atoms with Crippen molar-refractivity contribution in [2.75, 3.05) is 18.0 Å². The monoisotopic (exact) mass is 849 g/mol. The number of likely N-dealkylation sites (tertiary alicyclic amines) is 2.